The first-order valence-electron chi connectivity index (χ1n) is 37.0. The number of halogens is 3. The van der Waals surface area contributed by atoms with Gasteiger partial charge in [0.25, 0.3) is 0 Å². The van der Waals surface area contributed by atoms with E-state index in [-0.39, 0.29) is 61.0 Å². The number of piperidine rings is 4. The molecular weight excluding hydrogens is 1340 g/mol. The number of likely N-dealkylation sites (tertiary alicyclic amines) is 4. The fourth-order valence-corrected chi connectivity index (χ4v) is 18.0. The Kier molecular flexibility index (Phi) is 23.9. The highest BCUT2D eigenvalue weighted by molar-refractivity contribution is 5.92. The number of alkyl carbamates (subject to hydrolysis) is 3. The van der Waals surface area contributed by atoms with Crippen molar-refractivity contribution in [3.63, 3.8) is 0 Å². The predicted molar refractivity (Wildman–Crippen MR) is 364 cm³/mol. The standard InChI is InChI=1S/C20H29N3O3.2C19H29N3O4.C16H20F3N3O3/c1-5-20(8-6-7-9-20)16(22-18(25)26-19(2,3)4)17(24)23-14(12-21)10-13-11-15(13)23;2*1-18(2,3)26-17(25)21-15(19(11-23)6-4-5-7-19)16(24)22-13(10-20)8-12-9-14(12)22;17-16(18,19)14(25)21-12(15(8-23)3-1-2-4-15)13(24)22-10(7-20)5-9-6-11(9)22/h5,13-16H,1,6-11H2,2-4H3,(H,22,25);2*12-15,23H,4-9,11H2,1-3H3,(H,21,25);9-12,23H,1-6,8H2,(H,21,25)/t13-,14+,15+,16?;2*12-,13+,14+,15?;9-,10+,11+,12?/m1111/s1. The van der Waals surface area contributed by atoms with Crippen LogP contribution in [-0.2, 0) is 38.2 Å². The predicted octanol–water partition coefficient (Wildman–Crippen LogP) is 8.13. The topological polar surface area (TPSA) is 381 Å². The largest absolute Gasteiger partial charge is 0.471 e. The quantitative estimate of drug-likeness (QED) is 0.0566. The second-order valence-electron chi connectivity index (χ2n) is 34.2. The molecule has 4 saturated heterocycles. The van der Waals surface area contributed by atoms with Gasteiger partial charge in [-0.2, -0.15) is 34.2 Å². The summed E-state index contributed by atoms with van der Waals surface area (Å²) in [6, 6.07) is 3.08. The number of carbonyl (C=O) groups excluding carboxylic acids is 8. The molecule has 4 aliphatic heterocycles. The Morgan fingerprint density at radius 3 is 0.883 bits per heavy atom. The van der Waals surface area contributed by atoms with Crippen molar-refractivity contribution >= 4 is 47.8 Å². The zero-order valence-corrected chi connectivity index (χ0v) is 61.2. The van der Waals surface area contributed by atoms with Gasteiger partial charge in [-0.05, 0) is 189 Å². The zero-order valence-electron chi connectivity index (χ0n) is 61.2. The maximum absolute atomic E-state index is 13.5. The molecule has 0 bridgehead atoms. The van der Waals surface area contributed by atoms with Crippen LogP contribution in [0.4, 0.5) is 27.6 Å². The molecular formula is C74H107F3N12O14. The molecule has 568 valence electrons. The van der Waals surface area contributed by atoms with E-state index in [1.165, 1.54) is 4.90 Å². The van der Waals surface area contributed by atoms with Crippen LogP contribution in [0.15, 0.2) is 12.7 Å². The molecule has 8 amide bonds. The van der Waals surface area contributed by atoms with Crippen molar-refractivity contribution in [3.05, 3.63) is 12.7 Å². The van der Waals surface area contributed by atoms with E-state index in [0.717, 1.165) is 83.5 Å². The van der Waals surface area contributed by atoms with E-state index in [4.69, 9.17) is 14.2 Å². The number of fused-ring (bicyclic) bond motifs is 4. The van der Waals surface area contributed by atoms with Gasteiger partial charge in [-0.25, -0.2) is 14.4 Å². The first-order valence-corrected chi connectivity index (χ1v) is 37.0. The summed E-state index contributed by atoms with van der Waals surface area (Å²) in [6.45, 7) is 19.1. The number of alkyl halides is 3. The summed E-state index contributed by atoms with van der Waals surface area (Å²) >= 11 is 0. The Morgan fingerprint density at radius 2 is 0.660 bits per heavy atom. The molecule has 103 heavy (non-hydrogen) atoms. The van der Waals surface area contributed by atoms with Crippen molar-refractivity contribution in [2.75, 3.05) is 19.8 Å². The van der Waals surface area contributed by atoms with Gasteiger partial charge in [0.15, 0.2) is 0 Å². The van der Waals surface area contributed by atoms with Gasteiger partial charge < -0.3 is 70.4 Å². The minimum atomic E-state index is -5.12. The molecule has 7 N–H and O–H groups in total. The molecule has 12 rings (SSSR count). The summed E-state index contributed by atoms with van der Waals surface area (Å²) in [5.41, 5.74) is -4.93. The molecule has 0 spiro atoms. The smallest absolute Gasteiger partial charge is 0.444 e. The van der Waals surface area contributed by atoms with E-state index >= 15 is 0 Å². The lowest BCUT2D eigenvalue weighted by molar-refractivity contribution is -0.176. The maximum Gasteiger partial charge on any atom is 0.471 e. The average molecular weight is 1450 g/mol. The Bertz CT molecular complexity index is 3250. The molecule has 8 saturated carbocycles. The number of rotatable bonds is 16. The van der Waals surface area contributed by atoms with Crippen molar-refractivity contribution in [3.8, 4) is 24.3 Å². The van der Waals surface area contributed by atoms with Crippen LogP contribution in [0.25, 0.3) is 0 Å². The highest BCUT2D eigenvalue weighted by Crippen LogP contribution is 2.54. The molecule has 8 aliphatic carbocycles. The van der Waals surface area contributed by atoms with Crippen LogP contribution in [0, 0.1) is 90.7 Å². The Morgan fingerprint density at radius 1 is 0.427 bits per heavy atom. The molecule has 4 heterocycles. The Labute approximate surface area is 602 Å². The average Bonchev–Trinajstić information content (AvgIpc) is 1.60. The minimum absolute atomic E-state index is 0.104. The third kappa shape index (κ3) is 17.8. The molecule has 0 aromatic heterocycles. The molecule has 0 radical (unpaired) electrons. The fourth-order valence-electron chi connectivity index (χ4n) is 18.0. The molecule has 0 aromatic carbocycles. The number of hydrogen-bond donors (Lipinski definition) is 7. The summed E-state index contributed by atoms with van der Waals surface area (Å²) in [5, 5.41) is 77.7. The van der Waals surface area contributed by atoms with Crippen molar-refractivity contribution in [2.24, 2.45) is 45.3 Å². The summed E-state index contributed by atoms with van der Waals surface area (Å²) in [5.74, 6) is -2.06. The van der Waals surface area contributed by atoms with Crippen LogP contribution in [0.5, 0.6) is 0 Å². The number of amides is 8. The summed E-state index contributed by atoms with van der Waals surface area (Å²) in [6.07, 6.45) is 13.0. The molecule has 4 unspecified atom stereocenters. The van der Waals surface area contributed by atoms with Crippen molar-refractivity contribution < 1.29 is 81.1 Å². The second kappa shape index (κ2) is 30.9. The van der Waals surface area contributed by atoms with Crippen molar-refractivity contribution in [2.45, 2.75) is 312 Å². The normalized spacial score (nSPS) is 30.4. The van der Waals surface area contributed by atoms with E-state index in [1.807, 2.05) is 17.5 Å². The lowest BCUT2D eigenvalue weighted by Crippen LogP contribution is -2.60. The van der Waals surface area contributed by atoms with Gasteiger partial charge in [0, 0.05) is 45.8 Å². The first-order chi connectivity index (χ1) is 48.3. The number of nitrogens with zero attached hydrogens (tertiary/aromatic N) is 8. The third-order valence-electron chi connectivity index (χ3n) is 23.6. The highest BCUT2D eigenvalue weighted by atomic mass is 19.4. The number of nitriles is 4. The summed E-state index contributed by atoms with van der Waals surface area (Å²) in [7, 11) is 0. The van der Waals surface area contributed by atoms with Crippen LogP contribution < -0.4 is 21.3 Å². The summed E-state index contributed by atoms with van der Waals surface area (Å²) < 4.78 is 54.3. The van der Waals surface area contributed by atoms with E-state index in [9.17, 15) is 87.9 Å². The lowest BCUT2D eigenvalue weighted by atomic mass is 9.77. The van der Waals surface area contributed by atoms with Crippen LogP contribution in [0.3, 0.4) is 0 Å². The van der Waals surface area contributed by atoms with Crippen LogP contribution >= 0.6 is 0 Å². The van der Waals surface area contributed by atoms with E-state index in [1.54, 1.807) is 77.0 Å². The van der Waals surface area contributed by atoms with Crippen LogP contribution in [0.1, 0.15) is 216 Å². The number of carbonyl (C=O) groups is 8. The van der Waals surface area contributed by atoms with Gasteiger partial charge in [-0.1, -0.05) is 57.4 Å². The number of nitrogens with one attached hydrogen (secondary N) is 4. The van der Waals surface area contributed by atoms with Crippen LogP contribution in [-0.4, -0.2) is 198 Å². The fraction of sp³-hybridized carbons (Fsp3) is 0.811. The van der Waals surface area contributed by atoms with Gasteiger partial charge in [0.2, 0.25) is 23.6 Å². The highest BCUT2D eigenvalue weighted by Gasteiger charge is 2.63. The van der Waals surface area contributed by atoms with Gasteiger partial charge in [-0.15, -0.1) is 6.58 Å². The number of ether oxygens (including phenoxy) is 3. The summed E-state index contributed by atoms with van der Waals surface area (Å²) in [4.78, 5) is 108. The molecule has 26 nitrogen and oxygen atoms in total. The monoisotopic (exact) mass is 1440 g/mol. The number of hydrogen-bond acceptors (Lipinski definition) is 18. The van der Waals surface area contributed by atoms with Gasteiger partial charge in [0.05, 0.1) is 44.1 Å². The van der Waals surface area contributed by atoms with Gasteiger partial charge in [0.1, 0.15) is 65.1 Å². The second-order valence-corrected chi connectivity index (χ2v) is 34.2. The molecule has 0 aromatic rings. The Balaban J connectivity index is 0.000000160. The molecule has 12 aliphatic rings. The number of aliphatic hydroxyl groups is 3. The van der Waals surface area contributed by atoms with Crippen LogP contribution in [0.2, 0.25) is 0 Å². The van der Waals surface area contributed by atoms with Crippen molar-refractivity contribution in [1.82, 2.24) is 40.9 Å². The number of aliphatic hydroxyl groups excluding tert-OH is 3. The SMILES string of the molecule is C=CC1(C(NC(=O)OC(C)(C)C)C(=O)N2[C@H](C#N)C[C@@H]3C[C@@H]32)CCCC1.CC(C)(C)OC(=O)NC(C(=O)N1[C@H](C#N)C[C@@H]2C[C@@H]21)C1(CO)CCCC1.CC(C)(C)OC(=O)NC(C(=O)N1[C@H](C#N)C[C@@H]2C[C@@H]21)C1(CO)CCCC1.N#C[C@@H]1C[C@@H]2C[C@@H]2N1C(=O)C(NC(=O)C(F)(F)F)C1(CO)CCCC1. The van der Waals surface area contributed by atoms with E-state index in [0.29, 0.717) is 88.4 Å². The minimum Gasteiger partial charge on any atom is -0.444 e. The lowest BCUT2D eigenvalue weighted by Gasteiger charge is -2.39. The third-order valence-corrected chi connectivity index (χ3v) is 23.6. The van der Waals surface area contributed by atoms with E-state index < -0.39 is 130 Å². The van der Waals surface area contributed by atoms with Gasteiger partial charge in [-0.3, -0.25) is 24.0 Å². The maximum atomic E-state index is 13.5. The van der Waals surface area contributed by atoms with E-state index in [2.05, 4.69) is 40.7 Å². The van der Waals surface area contributed by atoms with Crippen molar-refractivity contribution in [1.29, 1.82) is 21.0 Å². The zero-order chi connectivity index (χ0) is 75.7. The molecule has 12 fully saturated rings. The van der Waals surface area contributed by atoms with Gasteiger partial charge >= 0.3 is 30.4 Å². The molecule has 29 heteroatoms. The molecule has 16 atom stereocenters. The first kappa shape index (κ1) is 79.6. The Hall–Kier alpha value is -7.47.